The van der Waals surface area contributed by atoms with Crippen molar-refractivity contribution >= 4 is 23.4 Å². The summed E-state index contributed by atoms with van der Waals surface area (Å²) < 4.78 is 11.4. The van der Waals surface area contributed by atoms with E-state index in [1.165, 1.54) is 57.8 Å². The molecule has 2 aromatic rings. The molecule has 12 nitrogen and oxygen atoms in total. The Kier molecular flexibility index (Phi) is 15.1. The van der Waals surface area contributed by atoms with Crippen LogP contribution in [0.4, 0.5) is 0 Å². The summed E-state index contributed by atoms with van der Waals surface area (Å²) in [4.78, 5) is 34.2. The van der Waals surface area contributed by atoms with Crippen LogP contribution in [0.3, 0.4) is 0 Å². The van der Waals surface area contributed by atoms with Crippen molar-refractivity contribution in [3.05, 3.63) is 46.1 Å². The predicted molar refractivity (Wildman–Crippen MR) is 210 cm³/mol. The second-order valence-corrected chi connectivity index (χ2v) is 16.6. The molecule has 4 aliphatic rings. The Balaban J connectivity index is 1.04. The van der Waals surface area contributed by atoms with Crippen LogP contribution in [0.1, 0.15) is 126 Å². The third kappa shape index (κ3) is 11.4. The molecule has 2 saturated heterocycles. The molecule has 54 heavy (non-hydrogen) atoms. The standard InChI is InChI=1S/C41H64ClN7O5/c1-29-37(54-28-44-29)27-53-36-14-13-31-25-48(20-17-34(31)39(36)42)26-33(51)24-43-40(52)35-23-38(45-32-15-21-49(22-16-32)30(2)50)47-41(46-35)18-11-9-7-5-3-4-6-8-10-12-19-41/h13-14,28,32-33,35,38,45-47,51H,3-12,15-27H2,1-2H3,(H,43,52)/t33-,35?,38?/m0/s1. The van der Waals surface area contributed by atoms with Gasteiger partial charge in [-0.1, -0.05) is 81.9 Å². The van der Waals surface area contributed by atoms with E-state index in [0.717, 1.165) is 81.4 Å². The molecule has 4 heterocycles. The summed E-state index contributed by atoms with van der Waals surface area (Å²) in [6.45, 7) is 7.38. The van der Waals surface area contributed by atoms with E-state index in [2.05, 4.69) is 31.2 Å². The Morgan fingerprint density at radius 1 is 1.04 bits per heavy atom. The van der Waals surface area contributed by atoms with Crippen LogP contribution in [0.5, 0.6) is 5.75 Å². The Hall–Kier alpha value is -2.74. The number of aliphatic hydroxyl groups is 1. The number of ether oxygens (including phenoxy) is 1. The number of oxazole rings is 1. The van der Waals surface area contributed by atoms with Crippen molar-refractivity contribution in [2.75, 3.05) is 32.7 Å². The molecule has 2 unspecified atom stereocenters. The van der Waals surface area contributed by atoms with E-state index in [1.54, 1.807) is 6.92 Å². The number of aliphatic hydroxyl groups excluding tert-OH is 1. The zero-order valence-electron chi connectivity index (χ0n) is 32.6. The van der Waals surface area contributed by atoms with Crippen LogP contribution >= 0.6 is 11.6 Å². The summed E-state index contributed by atoms with van der Waals surface area (Å²) in [7, 11) is 0. The second-order valence-electron chi connectivity index (χ2n) is 16.2. The molecule has 3 atom stereocenters. The Bertz CT molecular complexity index is 1500. The minimum atomic E-state index is -0.708. The Morgan fingerprint density at radius 2 is 1.72 bits per heavy atom. The minimum absolute atomic E-state index is 0.0195. The van der Waals surface area contributed by atoms with Crippen molar-refractivity contribution in [1.82, 2.24) is 36.1 Å². The molecule has 13 heteroatoms. The number of hydrogen-bond acceptors (Lipinski definition) is 10. The fourth-order valence-corrected chi connectivity index (χ4v) is 9.23. The summed E-state index contributed by atoms with van der Waals surface area (Å²) in [5.74, 6) is 1.38. The third-order valence-corrected chi connectivity index (χ3v) is 12.5. The maximum absolute atomic E-state index is 13.9. The van der Waals surface area contributed by atoms with Crippen LogP contribution in [0.2, 0.25) is 5.02 Å². The number of aryl methyl sites for hydroxylation is 1. The third-order valence-electron chi connectivity index (χ3n) is 12.1. The first-order valence-corrected chi connectivity index (χ1v) is 21.1. The lowest BCUT2D eigenvalue weighted by molar-refractivity contribution is -0.130. The quantitative estimate of drug-likeness (QED) is 0.216. The van der Waals surface area contributed by atoms with Crippen LogP contribution in [0.25, 0.3) is 0 Å². The number of likely N-dealkylation sites (tertiary alicyclic amines) is 1. The average Bonchev–Trinajstić information content (AvgIpc) is 3.58. The van der Waals surface area contributed by atoms with E-state index < -0.39 is 6.10 Å². The zero-order chi connectivity index (χ0) is 37.9. The second kappa shape index (κ2) is 19.9. The molecule has 1 aromatic carbocycles. The van der Waals surface area contributed by atoms with E-state index in [1.807, 2.05) is 24.0 Å². The van der Waals surface area contributed by atoms with Crippen LogP contribution in [0.15, 0.2) is 22.9 Å². The first-order valence-electron chi connectivity index (χ1n) is 20.7. The van der Waals surface area contributed by atoms with Crippen molar-refractivity contribution in [2.24, 2.45) is 0 Å². The van der Waals surface area contributed by atoms with E-state index in [4.69, 9.17) is 20.8 Å². The van der Waals surface area contributed by atoms with Gasteiger partial charge in [-0.15, -0.1) is 0 Å². The van der Waals surface area contributed by atoms with Crippen LogP contribution in [-0.2, 0) is 29.2 Å². The molecule has 6 rings (SSSR count). The monoisotopic (exact) mass is 769 g/mol. The Morgan fingerprint density at radius 3 is 2.37 bits per heavy atom. The van der Waals surface area contributed by atoms with Gasteiger partial charge in [-0.25, -0.2) is 4.98 Å². The summed E-state index contributed by atoms with van der Waals surface area (Å²) in [5, 5.41) is 26.6. The van der Waals surface area contributed by atoms with Gasteiger partial charge in [-0.3, -0.25) is 30.4 Å². The predicted octanol–water partition coefficient (Wildman–Crippen LogP) is 5.32. The smallest absolute Gasteiger partial charge is 0.237 e. The van der Waals surface area contributed by atoms with Gasteiger partial charge in [0.25, 0.3) is 0 Å². The molecule has 3 fully saturated rings. The molecule has 5 N–H and O–H groups in total. The molecular formula is C41H64ClN7O5. The van der Waals surface area contributed by atoms with Crippen LogP contribution < -0.4 is 26.0 Å². The van der Waals surface area contributed by atoms with Crippen LogP contribution in [-0.4, -0.2) is 94.4 Å². The number of rotatable bonds is 10. The molecule has 300 valence electrons. The van der Waals surface area contributed by atoms with E-state index >= 15 is 0 Å². The molecule has 0 radical (unpaired) electrons. The van der Waals surface area contributed by atoms with Gasteiger partial charge in [0.2, 0.25) is 11.8 Å². The number of halogens is 1. The zero-order valence-corrected chi connectivity index (χ0v) is 33.4. The van der Waals surface area contributed by atoms with Gasteiger partial charge in [0.05, 0.1) is 34.7 Å². The van der Waals surface area contributed by atoms with Crippen molar-refractivity contribution in [3.63, 3.8) is 0 Å². The SMILES string of the molecule is CC(=O)N1CCC(NC2CC(C(=O)NC[C@H](O)CN3CCc4c(ccc(OCc5ocnc5C)c4Cl)C3)NC3(CCCCCCCCCCCC3)N2)CC1. The number of benzene rings is 1. The lowest BCUT2D eigenvalue weighted by Gasteiger charge is -2.48. The lowest BCUT2D eigenvalue weighted by Crippen LogP contribution is -2.73. The van der Waals surface area contributed by atoms with Gasteiger partial charge in [-0.2, -0.15) is 0 Å². The lowest BCUT2D eigenvalue weighted by atomic mass is 9.89. The molecule has 0 bridgehead atoms. The number of carbonyl (C=O) groups excluding carboxylic acids is 2. The van der Waals surface area contributed by atoms with Gasteiger partial charge in [0.15, 0.2) is 12.2 Å². The molecule has 3 aliphatic heterocycles. The van der Waals surface area contributed by atoms with Crippen molar-refractivity contribution in [2.45, 2.75) is 160 Å². The fourth-order valence-electron chi connectivity index (χ4n) is 8.90. The molecular weight excluding hydrogens is 706 g/mol. The highest BCUT2D eigenvalue weighted by Crippen LogP contribution is 2.35. The van der Waals surface area contributed by atoms with Crippen LogP contribution in [0, 0.1) is 6.92 Å². The van der Waals surface area contributed by atoms with Crippen molar-refractivity contribution in [1.29, 1.82) is 0 Å². The van der Waals surface area contributed by atoms with Crippen molar-refractivity contribution in [3.8, 4) is 5.75 Å². The van der Waals surface area contributed by atoms with Gasteiger partial charge in [-0.05, 0) is 56.2 Å². The van der Waals surface area contributed by atoms with Gasteiger partial charge in [0, 0.05) is 58.7 Å². The number of nitrogens with zero attached hydrogens (tertiary/aromatic N) is 3. The maximum atomic E-state index is 13.9. The Labute approximate surface area is 326 Å². The highest BCUT2D eigenvalue weighted by molar-refractivity contribution is 6.33. The first-order chi connectivity index (χ1) is 26.2. The maximum Gasteiger partial charge on any atom is 0.237 e. The largest absolute Gasteiger partial charge is 0.484 e. The number of hydrogen-bond donors (Lipinski definition) is 5. The topological polar surface area (TPSA) is 144 Å². The average molecular weight is 770 g/mol. The van der Waals surface area contributed by atoms with E-state index in [0.29, 0.717) is 42.1 Å². The highest BCUT2D eigenvalue weighted by Gasteiger charge is 2.42. The number of amides is 2. The van der Waals surface area contributed by atoms with E-state index in [9.17, 15) is 14.7 Å². The van der Waals surface area contributed by atoms with Gasteiger partial charge >= 0.3 is 0 Å². The number of piperidine rings is 1. The minimum Gasteiger partial charge on any atom is -0.484 e. The number of aromatic nitrogens is 1. The molecule has 1 spiro atoms. The summed E-state index contributed by atoms with van der Waals surface area (Å²) in [6.07, 6.45) is 18.3. The van der Waals surface area contributed by atoms with Crippen molar-refractivity contribution < 1.29 is 23.8 Å². The van der Waals surface area contributed by atoms with E-state index in [-0.39, 0.29) is 42.8 Å². The van der Waals surface area contributed by atoms with Gasteiger partial charge in [0.1, 0.15) is 12.4 Å². The molecule has 1 saturated carbocycles. The molecule has 2 amide bonds. The number of carbonyl (C=O) groups is 2. The summed E-state index contributed by atoms with van der Waals surface area (Å²) >= 11 is 6.79. The number of β-amino-alcohol motifs (C(OH)–C–C–N with tert-alkyl or cyclic N) is 1. The molecule has 1 aliphatic carbocycles. The molecule has 1 aromatic heterocycles. The number of nitrogens with one attached hydrogen (secondary N) is 4. The van der Waals surface area contributed by atoms with Gasteiger partial charge < -0.3 is 24.5 Å². The normalized spacial score (nSPS) is 24.1. The summed E-state index contributed by atoms with van der Waals surface area (Å²) in [6, 6.07) is 3.86. The fraction of sp³-hybridized carbons (Fsp3) is 0.732. The highest BCUT2D eigenvalue weighted by atomic mass is 35.5. The number of fused-ring (bicyclic) bond motifs is 1. The first kappa shape index (κ1) is 40.9. The summed E-state index contributed by atoms with van der Waals surface area (Å²) in [5.41, 5.74) is 2.66.